The summed E-state index contributed by atoms with van der Waals surface area (Å²) in [4.78, 5) is 31.3. The number of benzene rings is 1. The largest absolute Gasteiger partial charge is 0.494 e. The number of rotatable bonds is 11. The van der Waals surface area contributed by atoms with E-state index in [1.54, 1.807) is 44.2 Å². The van der Waals surface area contributed by atoms with E-state index in [9.17, 15) is 13.2 Å². The lowest BCUT2D eigenvalue weighted by atomic mass is 10.1. The van der Waals surface area contributed by atoms with Crippen LogP contribution in [-0.2, 0) is 14.9 Å². The second-order valence-electron chi connectivity index (χ2n) is 7.98. The van der Waals surface area contributed by atoms with Crippen LogP contribution in [0.4, 0.5) is 28.7 Å². The van der Waals surface area contributed by atoms with Crippen LogP contribution in [0, 0.1) is 13.8 Å². The number of carbonyl (C=O) groups is 1. The zero-order valence-electron chi connectivity index (χ0n) is 21.6. The molecule has 0 radical (unpaired) electrons. The van der Waals surface area contributed by atoms with E-state index >= 15 is 0 Å². The highest BCUT2D eigenvalue weighted by molar-refractivity contribution is 7.92. The molecule has 0 aliphatic rings. The van der Waals surface area contributed by atoms with Gasteiger partial charge in [0.15, 0.2) is 0 Å². The number of ether oxygens (including phenoxy) is 1. The number of nitrogens with zero attached hydrogens (tertiary/aromatic N) is 4. The van der Waals surface area contributed by atoms with E-state index in [1.165, 1.54) is 13.2 Å². The quantitative estimate of drug-likeness (QED) is 0.315. The Kier molecular flexibility index (Phi) is 8.84. The first-order valence-corrected chi connectivity index (χ1v) is 13.4. The zero-order valence-corrected chi connectivity index (χ0v) is 22.4. The van der Waals surface area contributed by atoms with Gasteiger partial charge in [-0.1, -0.05) is 0 Å². The number of hydrogen-bond acceptors (Lipinski definition) is 10. The molecule has 198 valence electrons. The van der Waals surface area contributed by atoms with Gasteiger partial charge in [0.1, 0.15) is 28.8 Å². The number of aryl methyl sites for hydroxylation is 2. The molecule has 0 bridgehead atoms. The number of carbonyl (C=O) groups excluding carboxylic acids is 1. The maximum atomic E-state index is 13.2. The third-order valence-corrected chi connectivity index (χ3v) is 6.28. The SMILES string of the molecule is CCONC(=O)c1c(Nc2ccc(OCC)cc2N(C)S(C)(=O)=O)ccnc1Nc1cc(C)nc(C)n1. The average Bonchev–Trinajstić information content (AvgIpc) is 2.82. The monoisotopic (exact) mass is 529 g/mol. The number of nitrogens with one attached hydrogen (secondary N) is 3. The van der Waals surface area contributed by atoms with Crippen molar-refractivity contribution in [2.45, 2.75) is 27.7 Å². The molecule has 0 saturated heterocycles. The number of sulfonamides is 1. The second-order valence-corrected chi connectivity index (χ2v) is 9.99. The van der Waals surface area contributed by atoms with Gasteiger partial charge in [-0.15, -0.1) is 0 Å². The van der Waals surface area contributed by atoms with Gasteiger partial charge in [-0.3, -0.25) is 13.9 Å². The normalized spacial score (nSPS) is 11.1. The van der Waals surface area contributed by atoms with Gasteiger partial charge >= 0.3 is 0 Å². The van der Waals surface area contributed by atoms with E-state index in [-0.39, 0.29) is 18.0 Å². The summed E-state index contributed by atoms with van der Waals surface area (Å²) in [5.74, 6) is 1.16. The molecule has 0 spiro atoms. The fourth-order valence-corrected chi connectivity index (χ4v) is 3.95. The summed E-state index contributed by atoms with van der Waals surface area (Å²) in [6.07, 6.45) is 2.61. The van der Waals surface area contributed by atoms with Crippen molar-refractivity contribution >= 4 is 44.6 Å². The predicted octanol–water partition coefficient (Wildman–Crippen LogP) is 3.45. The minimum Gasteiger partial charge on any atom is -0.494 e. The molecule has 0 aliphatic heterocycles. The zero-order chi connectivity index (χ0) is 27.2. The lowest BCUT2D eigenvalue weighted by Crippen LogP contribution is -2.27. The Bertz CT molecular complexity index is 1360. The van der Waals surface area contributed by atoms with Crippen LogP contribution in [0.5, 0.6) is 5.75 Å². The van der Waals surface area contributed by atoms with Gasteiger partial charge in [-0.25, -0.2) is 28.8 Å². The summed E-state index contributed by atoms with van der Waals surface area (Å²) in [5, 5.41) is 6.26. The molecule has 13 heteroatoms. The van der Waals surface area contributed by atoms with Crippen molar-refractivity contribution in [2.24, 2.45) is 0 Å². The fraction of sp³-hybridized carbons (Fsp3) is 0.333. The Balaban J connectivity index is 2.11. The Morgan fingerprint density at radius 1 is 1.03 bits per heavy atom. The average molecular weight is 530 g/mol. The molecule has 37 heavy (non-hydrogen) atoms. The highest BCUT2D eigenvalue weighted by Crippen LogP contribution is 2.35. The van der Waals surface area contributed by atoms with E-state index in [2.05, 4.69) is 31.1 Å². The highest BCUT2D eigenvalue weighted by Gasteiger charge is 2.22. The number of amides is 1. The van der Waals surface area contributed by atoms with Crippen LogP contribution in [0.2, 0.25) is 0 Å². The lowest BCUT2D eigenvalue weighted by Gasteiger charge is -2.23. The van der Waals surface area contributed by atoms with Gasteiger partial charge in [-0.05, 0) is 45.9 Å². The van der Waals surface area contributed by atoms with Crippen LogP contribution < -0.4 is 25.2 Å². The van der Waals surface area contributed by atoms with Gasteiger partial charge in [0.25, 0.3) is 5.91 Å². The summed E-state index contributed by atoms with van der Waals surface area (Å²) < 4.78 is 31.4. The first-order valence-electron chi connectivity index (χ1n) is 11.5. The Hall–Kier alpha value is -3.97. The number of hydroxylamine groups is 1. The molecular formula is C24H31N7O5S. The van der Waals surface area contributed by atoms with Crippen LogP contribution in [0.3, 0.4) is 0 Å². The summed E-state index contributed by atoms with van der Waals surface area (Å²) in [6.45, 7) is 7.84. The summed E-state index contributed by atoms with van der Waals surface area (Å²) in [7, 11) is -2.16. The van der Waals surface area contributed by atoms with E-state index in [1.807, 2.05) is 13.8 Å². The van der Waals surface area contributed by atoms with Crippen LogP contribution >= 0.6 is 0 Å². The molecule has 2 aromatic heterocycles. The number of pyridine rings is 1. The molecule has 3 aromatic rings. The Labute approximate surface area is 216 Å². The van der Waals surface area contributed by atoms with Gasteiger partial charge in [0.2, 0.25) is 10.0 Å². The molecule has 1 aromatic carbocycles. The number of hydrogen-bond donors (Lipinski definition) is 3. The van der Waals surface area contributed by atoms with Crippen molar-refractivity contribution in [3.05, 3.63) is 53.6 Å². The minimum absolute atomic E-state index is 0.131. The highest BCUT2D eigenvalue weighted by atomic mass is 32.2. The van der Waals surface area contributed by atoms with Gasteiger partial charge in [0, 0.05) is 31.1 Å². The maximum Gasteiger partial charge on any atom is 0.280 e. The Morgan fingerprint density at radius 3 is 2.43 bits per heavy atom. The molecule has 1 amide bonds. The Morgan fingerprint density at radius 2 is 1.78 bits per heavy atom. The van der Waals surface area contributed by atoms with Crippen LogP contribution in [-0.4, -0.2) is 55.8 Å². The van der Waals surface area contributed by atoms with Crippen molar-refractivity contribution in [1.29, 1.82) is 0 Å². The number of aromatic nitrogens is 3. The van der Waals surface area contributed by atoms with Crippen molar-refractivity contribution in [2.75, 3.05) is 41.5 Å². The van der Waals surface area contributed by atoms with Crippen LogP contribution in [0.25, 0.3) is 0 Å². The van der Waals surface area contributed by atoms with Crippen molar-refractivity contribution < 1.29 is 22.8 Å². The smallest absolute Gasteiger partial charge is 0.280 e. The van der Waals surface area contributed by atoms with E-state index in [0.717, 1.165) is 16.3 Å². The fourth-order valence-electron chi connectivity index (χ4n) is 3.44. The van der Waals surface area contributed by atoms with Crippen LogP contribution in [0.1, 0.15) is 35.7 Å². The first kappa shape index (κ1) is 27.6. The molecule has 0 saturated carbocycles. The molecule has 3 rings (SSSR count). The topological polar surface area (TPSA) is 148 Å². The summed E-state index contributed by atoms with van der Waals surface area (Å²) in [6, 6.07) is 8.32. The van der Waals surface area contributed by atoms with Crippen molar-refractivity contribution in [3.63, 3.8) is 0 Å². The van der Waals surface area contributed by atoms with E-state index in [4.69, 9.17) is 9.57 Å². The second kappa shape index (κ2) is 11.8. The summed E-state index contributed by atoms with van der Waals surface area (Å²) >= 11 is 0. The molecule has 0 aliphatic carbocycles. The molecule has 0 unspecified atom stereocenters. The molecule has 12 nitrogen and oxygen atoms in total. The molecule has 0 fully saturated rings. The third kappa shape index (κ3) is 7.05. The lowest BCUT2D eigenvalue weighted by molar-refractivity contribution is 0.0366. The van der Waals surface area contributed by atoms with Gasteiger partial charge in [0.05, 0.1) is 36.5 Å². The van der Waals surface area contributed by atoms with Crippen molar-refractivity contribution in [3.8, 4) is 5.75 Å². The number of anilines is 5. The van der Waals surface area contributed by atoms with Crippen LogP contribution in [0.15, 0.2) is 36.5 Å². The summed E-state index contributed by atoms with van der Waals surface area (Å²) in [5.41, 5.74) is 4.37. The predicted molar refractivity (Wildman–Crippen MR) is 142 cm³/mol. The molecular weight excluding hydrogens is 498 g/mol. The third-order valence-electron chi connectivity index (χ3n) is 5.09. The minimum atomic E-state index is -3.60. The standard InChI is InChI=1S/C24H31N7O5S/c1-7-35-17-9-10-18(20(14-17)31(5)37(6,33)34)28-19-11-12-25-23(22(19)24(32)30-36-8-2)29-21-13-15(3)26-16(4)27-21/h9-14H,7-8H2,1-6H3,(H,30,32)(H2,25,26,27,28,29). The van der Waals surface area contributed by atoms with E-state index in [0.29, 0.717) is 41.1 Å². The van der Waals surface area contributed by atoms with Gasteiger partial charge < -0.3 is 15.4 Å². The van der Waals surface area contributed by atoms with Crippen molar-refractivity contribution in [1.82, 2.24) is 20.4 Å². The molecule has 0 atom stereocenters. The van der Waals surface area contributed by atoms with Gasteiger partial charge in [-0.2, -0.15) is 0 Å². The molecule has 3 N–H and O–H groups in total. The first-order chi connectivity index (χ1) is 17.5. The molecule has 2 heterocycles. The maximum absolute atomic E-state index is 13.2. The van der Waals surface area contributed by atoms with E-state index < -0.39 is 15.9 Å².